The van der Waals surface area contributed by atoms with Crippen LogP contribution in [0.3, 0.4) is 0 Å². The standard InChI is InChI=1S/C10H14N2.Y/c1-8-2-4-9(5-3-8)10(6-11)7-12;/h2-5,10-12H,6-7H2,1H3;/q-2;. The molecule has 0 spiro atoms. The van der Waals surface area contributed by atoms with Gasteiger partial charge >= 0.3 is 0 Å². The van der Waals surface area contributed by atoms with Crippen LogP contribution in [0, 0.1) is 6.92 Å². The maximum Gasteiger partial charge on any atom is 0 e. The number of hydrogen-bond donors (Lipinski definition) is 0. The minimum Gasteiger partial charge on any atom is -0.677 e. The van der Waals surface area contributed by atoms with E-state index in [4.69, 9.17) is 11.5 Å². The number of rotatable bonds is 3. The first kappa shape index (κ1) is 13.2. The summed E-state index contributed by atoms with van der Waals surface area (Å²) in [6.07, 6.45) is 0. The van der Waals surface area contributed by atoms with Gasteiger partial charge in [-0.3, -0.25) is 0 Å². The molecule has 1 rings (SSSR count). The molecule has 1 radical (unpaired) electrons. The van der Waals surface area contributed by atoms with Gasteiger partial charge in [-0.05, 0) is 12.5 Å². The molecule has 0 amide bonds. The smallest absolute Gasteiger partial charge is 0 e. The molecule has 0 atom stereocenters. The van der Waals surface area contributed by atoms with Crippen molar-refractivity contribution in [2.75, 3.05) is 13.1 Å². The van der Waals surface area contributed by atoms with Crippen LogP contribution in [-0.4, -0.2) is 13.1 Å². The van der Waals surface area contributed by atoms with Crippen LogP contribution in [0.5, 0.6) is 0 Å². The second-order valence-electron chi connectivity index (χ2n) is 3.02. The Morgan fingerprint density at radius 3 is 1.92 bits per heavy atom. The van der Waals surface area contributed by atoms with Gasteiger partial charge < -0.3 is 11.5 Å². The van der Waals surface area contributed by atoms with E-state index < -0.39 is 0 Å². The van der Waals surface area contributed by atoms with E-state index in [1.54, 1.807) is 0 Å². The van der Waals surface area contributed by atoms with Gasteiger partial charge in [0.05, 0.1) is 0 Å². The molecule has 13 heavy (non-hydrogen) atoms. The SMILES string of the molecule is Cc1ccc(C(C[NH-])C[NH-])cc1.[Y]. The normalized spacial score (nSPS) is 9.85. The second-order valence-corrected chi connectivity index (χ2v) is 3.02. The van der Waals surface area contributed by atoms with Crippen molar-refractivity contribution >= 4 is 0 Å². The summed E-state index contributed by atoms with van der Waals surface area (Å²) in [5.41, 5.74) is 16.8. The van der Waals surface area contributed by atoms with Gasteiger partial charge in [-0.2, -0.15) is 0 Å². The van der Waals surface area contributed by atoms with Crippen molar-refractivity contribution in [3.8, 4) is 0 Å². The quantitative estimate of drug-likeness (QED) is 0.792. The molecule has 1 aromatic rings. The average Bonchev–Trinajstić information content (AvgIpc) is 2.10. The summed E-state index contributed by atoms with van der Waals surface area (Å²) in [5.74, 6) is 0.0885. The third-order valence-electron chi connectivity index (χ3n) is 2.04. The van der Waals surface area contributed by atoms with Crippen LogP contribution < -0.4 is 0 Å². The molecule has 2 N–H and O–H groups in total. The molecular formula is C10H14N2Y-2. The van der Waals surface area contributed by atoms with E-state index in [9.17, 15) is 0 Å². The fourth-order valence-electron chi connectivity index (χ4n) is 1.15. The molecule has 2 nitrogen and oxygen atoms in total. The summed E-state index contributed by atoms with van der Waals surface area (Å²) >= 11 is 0. The van der Waals surface area contributed by atoms with Gasteiger partial charge in [0.1, 0.15) is 0 Å². The first-order valence-corrected chi connectivity index (χ1v) is 4.13. The van der Waals surface area contributed by atoms with Crippen LogP contribution in [0.4, 0.5) is 0 Å². The van der Waals surface area contributed by atoms with Crippen LogP contribution in [0.15, 0.2) is 24.3 Å². The fraction of sp³-hybridized carbons (Fsp3) is 0.400. The van der Waals surface area contributed by atoms with Crippen molar-refractivity contribution in [2.24, 2.45) is 0 Å². The Morgan fingerprint density at radius 2 is 1.54 bits per heavy atom. The number of nitrogens with one attached hydrogen (secondary N) is 2. The molecule has 0 aliphatic carbocycles. The maximum atomic E-state index is 7.23. The molecule has 0 saturated heterocycles. The number of benzene rings is 1. The molecule has 0 bridgehead atoms. The van der Waals surface area contributed by atoms with E-state index in [2.05, 4.69) is 0 Å². The van der Waals surface area contributed by atoms with Crippen molar-refractivity contribution in [1.82, 2.24) is 0 Å². The third kappa shape index (κ3) is 3.86. The van der Waals surface area contributed by atoms with Gasteiger partial charge in [-0.1, -0.05) is 35.7 Å². The zero-order valence-corrected chi connectivity index (χ0v) is 10.7. The first-order chi connectivity index (χ1) is 5.77. The molecule has 0 aliphatic rings. The van der Waals surface area contributed by atoms with Gasteiger partial charge in [0, 0.05) is 32.7 Å². The summed E-state index contributed by atoms with van der Waals surface area (Å²) in [7, 11) is 0. The Labute approximate surface area is 105 Å². The molecule has 0 heterocycles. The molecule has 1 aromatic carbocycles. The van der Waals surface area contributed by atoms with Crippen LogP contribution in [0.2, 0.25) is 0 Å². The van der Waals surface area contributed by atoms with Gasteiger partial charge in [0.15, 0.2) is 0 Å². The molecular weight excluding hydrogens is 237 g/mol. The van der Waals surface area contributed by atoms with Crippen molar-refractivity contribution in [1.29, 1.82) is 0 Å². The topological polar surface area (TPSA) is 47.6 Å². The molecule has 0 unspecified atom stereocenters. The summed E-state index contributed by atoms with van der Waals surface area (Å²) in [4.78, 5) is 0. The van der Waals surface area contributed by atoms with Crippen LogP contribution in [-0.2, 0) is 32.7 Å². The maximum absolute atomic E-state index is 7.23. The van der Waals surface area contributed by atoms with Crippen molar-refractivity contribution in [3.63, 3.8) is 0 Å². The van der Waals surface area contributed by atoms with Gasteiger partial charge in [-0.25, -0.2) is 0 Å². The predicted octanol–water partition coefficient (Wildman–Crippen LogP) is 3.18. The van der Waals surface area contributed by atoms with Crippen molar-refractivity contribution in [3.05, 3.63) is 46.9 Å². The largest absolute Gasteiger partial charge is 0.677 e. The monoisotopic (exact) mass is 251 g/mol. The zero-order valence-electron chi connectivity index (χ0n) is 7.88. The third-order valence-corrected chi connectivity index (χ3v) is 2.04. The van der Waals surface area contributed by atoms with Crippen molar-refractivity contribution < 1.29 is 32.7 Å². The van der Waals surface area contributed by atoms with E-state index in [1.165, 1.54) is 5.56 Å². The summed E-state index contributed by atoms with van der Waals surface area (Å²) in [6.45, 7) is 2.67. The van der Waals surface area contributed by atoms with E-state index in [0.29, 0.717) is 13.1 Å². The summed E-state index contributed by atoms with van der Waals surface area (Å²) in [6, 6.07) is 8.10. The molecule has 3 heteroatoms. The van der Waals surface area contributed by atoms with Gasteiger partial charge in [0.2, 0.25) is 0 Å². The summed E-state index contributed by atoms with van der Waals surface area (Å²) in [5, 5.41) is 0. The Kier molecular flexibility index (Phi) is 6.79. The number of aryl methyl sites for hydroxylation is 1. The Hall–Kier alpha value is 0.244. The van der Waals surface area contributed by atoms with Crippen LogP contribution in [0.1, 0.15) is 17.0 Å². The van der Waals surface area contributed by atoms with Crippen LogP contribution in [0.25, 0.3) is 11.5 Å². The Morgan fingerprint density at radius 1 is 1.08 bits per heavy atom. The first-order valence-electron chi connectivity index (χ1n) is 4.13. The minimum atomic E-state index is 0. The van der Waals surface area contributed by atoms with E-state index in [-0.39, 0.29) is 38.6 Å². The summed E-state index contributed by atoms with van der Waals surface area (Å²) < 4.78 is 0. The van der Waals surface area contributed by atoms with Gasteiger partial charge in [0.25, 0.3) is 0 Å². The van der Waals surface area contributed by atoms with Crippen molar-refractivity contribution in [2.45, 2.75) is 12.8 Å². The minimum absolute atomic E-state index is 0. The molecule has 0 fully saturated rings. The van der Waals surface area contributed by atoms with E-state index in [0.717, 1.165) is 5.56 Å². The molecule has 0 saturated carbocycles. The Balaban J connectivity index is 0.00000144. The predicted molar refractivity (Wildman–Crippen MR) is 52.3 cm³/mol. The molecule has 0 aliphatic heterocycles. The van der Waals surface area contributed by atoms with E-state index in [1.807, 2.05) is 31.2 Å². The molecule has 0 aromatic heterocycles. The van der Waals surface area contributed by atoms with Gasteiger partial charge in [-0.15, -0.1) is 13.1 Å². The zero-order chi connectivity index (χ0) is 8.97. The Bertz CT molecular complexity index is 229. The fourth-order valence-corrected chi connectivity index (χ4v) is 1.15. The van der Waals surface area contributed by atoms with Crippen LogP contribution >= 0.6 is 0 Å². The second kappa shape index (κ2) is 6.66. The average molecular weight is 251 g/mol. The molecule has 69 valence electrons. The van der Waals surface area contributed by atoms with E-state index >= 15 is 0 Å². The number of hydrogen-bond acceptors (Lipinski definition) is 0.